The first-order valence-corrected chi connectivity index (χ1v) is 8.87. The van der Waals surface area contributed by atoms with Gasteiger partial charge in [-0.1, -0.05) is 29.3 Å². The number of halogens is 2. The molecule has 2 N–H and O–H groups in total. The maximum atomic E-state index is 12.5. The maximum Gasteiger partial charge on any atom is 0.322 e. The Labute approximate surface area is 157 Å². The van der Waals surface area contributed by atoms with E-state index < -0.39 is 0 Å². The van der Waals surface area contributed by atoms with E-state index in [0.717, 1.165) is 24.5 Å². The Morgan fingerprint density at radius 1 is 0.960 bits per heavy atom. The van der Waals surface area contributed by atoms with Crippen molar-refractivity contribution in [1.82, 2.24) is 4.90 Å². The topological polar surface area (TPSA) is 47.6 Å². The van der Waals surface area contributed by atoms with Crippen LogP contribution in [-0.4, -0.2) is 44.2 Å². The third-order valence-electron chi connectivity index (χ3n) is 4.28. The highest BCUT2D eigenvalue weighted by molar-refractivity contribution is 6.39. The molecule has 0 radical (unpaired) electrons. The van der Waals surface area contributed by atoms with E-state index in [1.54, 1.807) is 23.1 Å². The molecule has 1 aliphatic rings. The lowest BCUT2D eigenvalue weighted by atomic mass is 10.2. The molecule has 0 bridgehead atoms. The maximum absolute atomic E-state index is 12.5. The summed E-state index contributed by atoms with van der Waals surface area (Å²) in [4.78, 5) is 16.5. The summed E-state index contributed by atoms with van der Waals surface area (Å²) in [6.45, 7) is 2.84. The number of piperazine rings is 1. The van der Waals surface area contributed by atoms with E-state index in [0.29, 0.717) is 28.8 Å². The second-order valence-corrected chi connectivity index (χ2v) is 6.61. The Morgan fingerprint density at radius 2 is 1.56 bits per heavy atom. The number of nitrogens with one attached hydrogen (secondary N) is 2. The minimum absolute atomic E-state index is 0.180. The van der Waals surface area contributed by atoms with E-state index in [-0.39, 0.29) is 6.03 Å². The van der Waals surface area contributed by atoms with E-state index >= 15 is 0 Å². The normalized spacial score (nSPS) is 14.4. The summed E-state index contributed by atoms with van der Waals surface area (Å²) in [6, 6.07) is 13.3. The van der Waals surface area contributed by atoms with Crippen molar-refractivity contribution < 1.29 is 4.79 Å². The highest BCUT2D eigenvalue weighted by atomic mass is 35.5. The van der Waals surface area contributed by atoms with Crippen LogP contribution in [0.15, 0.2) is 42.5 Å². The van der Waals surface area contributed by atoms with Crippen molar-refractivity contribution in [2.75, 3.05) is 48.8 Å². The zero-order chi connectivity index (χ0) is 17.8. The van der Waals surface area contributed by atoms with Gasteiger partial charge < -0.3 is 20.4 Å². The highest BCUT2D eigenvalue weighted by Crippen LogP contribution is 2.30. The van der Waals surface area contributed by atoms with Crippen LogP contribution in [0.1, 0.15) is 0 Å². The molecule has 0 aliphatic carbocycles. The number of benzene rings is 2. The summed E-state index contributed by atoms with van der Waals surface area (Å²) < 4.78 is 0. The van der Waals surface area contributed by atoms with Crippen LogP contribution >= 0.6 is 23.2 Å². The van der Waals surface area contributed by atoms with E-state index in [4.69, 9.17) is 23.2 Å². The molecule has 25 heavy (non-hydrogen) atoms. The average molecular weight is 379 g/mol. The number of hydrogen-bond donors (Lipinski definition) is 2. The number of carbonyl (C=O) groups excluding carboxylic acids is 1. The van der Waals surface area contributed by atoms with E-state index in [2.05, 4.69) is 27.7 Å². The van der Waals surface area contributed by atoms with Gasteiger partial charge in [-0.3, -0.25) is 0 Å². The third-order valence-corrected chi connectivity index (χ3v) is 4.91. The van der Waals surface area contributed by atoms with Crippen molar-refractivity contribution in [3.05, 3.63) is 52.5 Å². The summed E-state index contributed by atoms with van der Waals surface area (Å²) in [7, 11) is 1.90. The minimum Gasteiger partial charge on any atom is -0.388 e. The molecule has 1 heterocycles. The van der Waals surface area contributed by atoms with Crippen LogP contribution in [0.2, 0.25) is 10.0 Å². The summed E-state index contributed by atoms with van der Waals surface area (Å²) in [6.07, 6.45) is 0. The number of nitrogens with zero attached hydrogens (tertiary/aromatic N) is 2. The number of anilines is 3. The molecule has 2 aromatic carbocycles. The Balaban J connectivity index is 1.59. The van der Waals surface area contributed by atoms with Crippen LogP contribution in [0.25, 0.3) is 0 Å². The molecule has 2 amide bonds. The quantitative estimate of drug-likeness (QED) is 0.832. The number of rotatable bonds is 3. The molecule has 0 atom stereocenters. The fourth-order valence-corrected chi connectivity index (χ4v) is 3.30. The summed E-state index contributed by atoms with van der Waals surface area (Å²) in [5, 5.41) is 6.79. The van der Waals surface area contributed by atoms with Gasteiger partial charge in [0.15, 0.2) is 0 Å². The van der Waals surface area contributed by atoms with Crippen molar-refractivity contribution in [2.24, 2.45) is 0 Å². The summed E-state index contributed by atoms with van der Waals surface area (Å²) >= 11 is 12.2. The lowest BCUT2D eigenvalue weighted by Crippen LogP contribution is -2.50. The van der Waals surface area contributed by atoms with E-state index in [9.17, 15) is 4.79 Å². The minimum atomic E-state index is -0.180. The van der Waals surface area contributed by atoms with Gasteiger partial charge in [0, 0.05) is 44.6 Å². The predicted molar refractivity (Wildman–Crippen MR) is 105 cm³/mol. The molecule has 0 aromatic heterocycles. The fourth-order valence-electron chi connectivity index (χ4n) is 2.81. The number of para-hydroxylation sites is 1. The average Bonchev–Trinajstić information content (AvgIpc) is 2.65. The van der Waals surface area contributed by atoms with Crippen molar-refractivity contribution in [3.63, 3.8) is 0 Å². The Hall–Kier alpha value is -2.11. The monoisotopic (exact) mass is 378 g/mol. The van der Waals surface area contributed by atoms with Crippen molar-refractivity contribution >= 4 is 46.3 Å². The summed E-state index contributed by atoms with van der Waals surface area (Å²) in [5.74, 6) is 0. The lowest BCUT2D eigenvalue weighted by Gasteiger charge is -2.36. The van der Waals surface area contributed by atoms with Crippen molar-refractivity contribution in [2.45, 2.75) is 0 Å². The van der Waals surface area contributed by atoms with Crippen LogP contribution in [0, 0.1) is 0 Å². The molecular weight excluding hydrogens is 359 g/mol. The van der Waals surface area contributed by atoms with E-state index in [1.165, 1.54) is 0 Å². The van der Waals surface area contributed by atoms with Gasteiger partial charge in [0.1, 0.15) is 0 Å². The molecule has 3 rings (SSSR count). The Kier molecular flexibility index (Phi) is 5.56. The number of hydrogen-bond acceptors (Lipinski definition) is 3. The van der Waals surface area contributed by atoms with E-state index in [1.807, 2.05) is 19.2 Å². The second-order valence-electron chi connectivity index (χ2n) is 5.80. The molecule has 5 nitrogen and oxygen atoms in total. The van der Waals surface area contributed by atoms with Gasteiger partial charge in [-0.15, -0.1) is 0 Å². The largest absolute Gasteiger partial charge is 0.388 e. The Morgan fingerprint density at radius 3 is 2.12 bits per heavy atom. The molecule has 1 aliphatic heterocycles. The molecule has 2 aromatic rings. The Bertz CT molecular complexity index is 723. The number of urea groups is 1. The molecule has 0 unspecified atom stereocenters. The van der Waals surface area contributed by atoms with Crippen LogP contribution in [0.3, 0.4) is 0 Å². The summed E-state index contributed by atoms with van der Waals surface area (Å²) in [5.41, 5.74) is 2.70. The lowest BCUT2D eigenvalue weighted by molar-refractivity contribution is 0.208. The zero-order valence-corrected chi connectivity index (χ0v) is 15.4. The molecule has 132 valence electrons. The van der Waals surface area contributed by atoms with Crippen LogP contribution < -0.4 is 15.5 Å². The highest BCUT2D eigenvalue weighted by Gasteiger charge is 2.22. The van der Waals surface area contributed by atoms with Gasteiger partial charge >= 0.3 is 6.03 Å². The van der Waals surface area contributed by atoms with Crippen LogP contribution in [0.5, 0.6) is 0 Å². The molecule has 7 heteroatoms. The standard InChI is InChI=1S/C18H20Cl2N4O/c1-21-13-5-7-14(8-6-13)23-9-11-24(12-10-23)18(25)22-17-15(19)3-2-4-16(17)20/h2-8,21H,9-12H2,1H3,(H,22,25). The van der Waals surface area contributed by atoms with Gasteiger partial charge in [0.05, 0.1) is 15.7 Å². The van der Waals surface area contributed by atoms with Crippen LogP contribution in [-0.2, 0) is 0 Å². The van der Waals surface area contributed by atoms with Crippen molar-refractivity contribution in [1.29, 1.82) is 0 Å². The smallest absolute Gasteiger partial charge is 0.322 e. The fraction of sp³-hybridized carbons (Fsp3) is 0.278. The van der Waals surface area contributed by atoms with Crippen molar-refractivity contribution in [3.8, 4) is 0 Å². The van der Waals surface area contributed by atoms with Gasteiger partial charge in [-0.2, -0.15) is 0 Å². The van der Waals surface area contributed by atoms with Crippen LogP contribution in [0.4, 0.5) is 21.9 Å². The first-order chi connectivity index (χ1) is 12.1. The number of carbonyl (C=O) groups is 1. The predicted octanol–water partition coefficient (Wildman–Crippen LogP) is 4.39. The zero-order valence-electron chi connectivity index (χ0n) is 13.9. The van der Waals surface area contributed by atoms with Gasteiger partial charge in [0.2, 0.25) is 0 Å². The molecule has 0 saturated carbocycles. The molecule has 1 fully saturated rings. The van der Waals surface area contributed by atoms with Gasteiger partial charge in [-0.05, 0) is 36.4 Å². The third kappa shape index (κ3) is 4.11. The second kappa shape index (κ2) is 7.85. The molecular formula is C18H20Cl2N4O. The van der Waals surface area contributed by atoms with Gasteiger partial charge in [-0.25, -0.2) is 4.79 Å². The van der Waals surface area contributed by atoms with Gasteiger partial charge in [0.25, 0.3) is 0 Å². The number of amides is 2. The SMILES string of the molecule is CNc1ccc(N2CCN(C(=O)Nc3c(Cl)cccc3Cl)CC2)cc1. The first-order valence-electron chi connectivity index (χ1n) is 8.11. The molecule has 0 spiro atoms. The molecule has 1 saturated heterocycles. The first kappa shape index (κ1) is 17.7.